The summed E-state index contributed by atoms with van der Waals surface area (Å²) >= 11 is 0. The van der Waals surface area contributed by atoms with Crippen molar-refractivity contribution in [2.24, 2.45) is 0 Å². The molecule has 2 heteroatoms. The predicted octanol–water partition coefficient (Wildman–Crippen LogP) is 3.53. The van der Waals surface area contributed by atoms with Gasteiger partial charge >= 0.3 is 0 Å². The molecule has 0 radical (unpaired) electrons. The molecule has 17 heavy (non-hydrogen) atoms. The van der Waals surface area contributed by atoms with Crippen molar-refractivity contribution in [3.63, 3.8) is 0 Å². The van der Waals surface area contributed by atoms with Crippen LogP contribution in [0, 0.1) is 6.92 Å². The molecule has 0 N–H and O–H groups in total. The van der Waals surface area contributed by atoms with Gasteiger partial charge < -0.3 is 4.90 Å². The summed E-state index contributed by atoms with van der Waals surface area (Å²) in [5.41, 5.74) is 4.65. The summed E-state index contributed by atoms with van der Waals surface area (Å²) in [5.74, 6) is 0.510. The molecule has 1 atom stereocenters. The van der Waals surface area contributed by atoms with Crippen molar-refractivity contribution >= 4 is 12.0 Å². The third-order valence-electron chi connectivity index (χ3n) is 4.15. The monoisotopic (exact) mass is 231 g/mol. The molecule has 1 aromatic rings. The number of anilines is 1. The molecular weight excluding hydrogens is 210 g/mol. The van der Waals surface area contributed by atoms with Gasteiger partial charge in [-0.25, -0.2) is 0 Å². The Morgan fingerprint density at radius 2 is 2.06 bits per heavy atom. The summed E-state index contributed by atoms with van der Waals surface area (Å²) < 4.78 is 0. The summed E-state index contributed by atoms with van der Waals surface area (Å²) in [6, 6.07) is 4.21. The molecule has 0 aromatic heterocycles. The van der Waals surface area contributed by atoms with Gasteiger partial charge in [0.15, 0.2) is 0 Å². The van der Waals surface area contributed by atoms with E-state index in [2.05, 4.69) is 44.9 Å². The molecule has 0 amide bonds. The molecule has 0 aliphatic carbocycles. The fourth-order valence-electron chi connectivity index (χ4n) is 2.86. The van der Waals surface area contributed by atoms with Gasteiger partial charge in [-0.1, -0.05) is 6.92 Å². The Bertz CT molecular complexity index is 462. The number of carbonyl (C=O) groups excluding carboxylic acids is 1. The van der Waals surface area contributed by atoms with E-state index in [9.17, 15) is 4.79 Å². The van der Waals surface area contributed by atoms with Crippen LogP contribution in [0.15, 0.2) is 12.1 Å². The number of nitrogens with zero attached hydrogens (tertiary/aromatic N) is 1. The first-order valence-electron chi connectivity index (χ1n) is 6.20. The number of carbonyl (C=O) groups is 1. The quantitative estimate of drug-likeness (QED) is 0.689. The van der Waals surface area contributed by atoms with E-state index in [-0.39, 0.29) is 5.54 Å². The molecule has 2 nitrogen and oxygen atoms in total. The highest BCUT2D eigenvalue weighted by Crippen LogP contribution is 2.43. The second kappa shape index (κ2) is 3.86. The fraction of sp³-hybridized carbons (Fsp3) is 0.533. The average Bonchev–Trinajstić information content (AvgIpc) is 2.25. The van der Waals surface area contributed by atoms with E-state index in [1.165, 1.54) is 11.3 Å². The standard InChI is InChI=1S/C15H21NO/c1-10-6-14-13(7-12(10)9-17)11(2)8-15(3,4)16(14)5/h6-7,9,11H,8H2,1-5H3/t11-/m0/s1. The highest BCUT2D eigenvalue weighted by Gasteiger charge is 2.34. The highest BCUT2D eigenvalue weighted by atomic mass is 16.1. The minimum atomic E-state index is 0.182. The van der Waals surface area contributed by atoms with E-state index in [0.29, 0.717) is 5.92 Å². The van der Waals surface area contributed by atoms with Crippen molar-refractivity contribution in [2.75, 3.05) is 11.9 Å². The number of benzene rings is 1. The van der Waals surface area contributed by atoms with Gasteiger partial charge in [0, 0.05) is 23.8 Å². The maximum atomic E-state index is 11.0. The van der Waals surface area contributed by atoms with Gasteiger partial charge in [0.1, 0.15) is 6.29 Å². The Balaban J connectivity index is 2.61. The average molecular weight is 231 g/mol. The lowest BCUT2D eigenvalue weighted by atomic mass is 9.79. The SMILES string of the molecule is Cc1cc2c(cc1C=O)[C@@H](C)CC(C)(C)N2C. The van der Waals surface area contributed by atoms with Crippen LogP contribution in [0.4, 0.5) is 5.69 Å². The minimum absolute atomic E-state index is 0.182. The number of aldehydes is 1. The molecule has 1 aliphatic rings. The zero-order valence-corrected chi connectivity index (χ0v) is 11.4. The molecular formula is C15H21NO. The Kier molecular flexibility index (Phi) is 2.76. The molecule has 0 saturated heterocycles. The van der Waals surface area contributed by atoms with Gasteiger partial charge in [0.25, 0.3) is 0 Å². The van der Waals surface area contributed by atoms with Gasteiger partial charge in [-0.15, -0.1) is 0 Å². The van der Waals surface area contributed by atoms with E-state index in [1.807, 2.05) is 6.92 Å². The molecule has 92 valence electrons. The molecule has 1 aliphatic heterocycles. The van der Waals surface area contributed by atoms with Crippen molar-refractivity contribution in [1.82, 2.24) is 0 Å². The Labute approximate surface area is 104 Å². The van der Waals surface area contributed by atoms with E-state index in [4.69, 9.17) is 0 Å². The number of aryl methyl sites for hydroxylation is 1. The zero-order chi connectivity index (χ0) is 12.8. The largest absolute Gasteiger partial charge is 0.369 e. The lowest BCUT2D eigenvalue weighted by Gasteiger charge is -2.45. The van der Waals surface area contributed by atoms with Crippen molar-refractivity contribution in [3.8, 4) is 0 Å². The molecule has 1 aromatic carbocycles. The summed E-state index contributed by atoms with van der Waals surface area (Å²) in [5, 5.41) is 0. The van der Waals surface area contributed by atoms with E-state index in [0.717, 1.165) is 23.8 Å². The second-order valence-electron chi connectivity index (χ2n) is 5.86. The Hall–Kier alpha value is -1.31. The molecule has 1 heterocycles. The molecule has 0 fully saturated rings. The zero-order valence-electron chi connectivity index (χ0n) is 11.4. The van der Waals surface area contributed by atoms with Crippen molar-refractivity contribution < 1.29 is 4.79 Å². The lowest BCUT2D eigenvalue weighted by molar-refractivity contribution is 0.112. The molecule has 0 bridgehead atoms. The van der Waals surface area contributed by atoms with Crippen LogP contribution in [-0.4, -0.2) is 18.9 Å². The lowest BCUT2D eigenvalue weighted by Crippen LogP contribution is -2.45. The molecule has 0 saturated carbocycles. The predicted molar refractivity (Wildman–Crippen MR) is 72.1 cm³/mol. The van der Waals surface area contributed by atoms with E-state index >= 15 is 0 Å². The first-order valence-corrected chi connectivity index (χ1v) is 6.20. The summed E-state index contributed by atoms with van der Waals surface area (Å²) in [6.07, 6.45) is 2.08. The topological polar surface area (TPSA) is 20.3 Å². The third kappa shape index (κ3) is 1.86. The Morgan fingerprint density at radius 1 is 1.41 bits per heavy atom. The molecule has 0 unspecified atom stereocenters. The Morgan fingerprint density at radius 3 is 2.65 bits per heavy atom. The van der Waals surface area contributed by atoms with E-state index < -0.39 is 0 Å². The van der Waals surface area contributed by atoms with Crippen LogP contribution >= 0.6 is 0 Å². The van der Waals surface area contributed by atoms with Crippen LogP contribution in [0.25, 0.3) is 0 Å². The van der Waals surface area contributed by atoms with Crippen LogP contribution in [-0.2, 0) is 0 Å². The number of rotatable bonds is 1. The van der Waals surface area contributed by atoms with Crippen molar-refractivity contribution in [3.05, 3.63) is 28.8 Å². The first kappa shape index (κ1) is 12.2. The molecule has 0 spiro atoms. The number of hydrogen-bond acceptors (Lipinski definition) is 2. The molecule has 2 rings (SSSR count). The summed E-state index contributed by atoms with van der Waals surface area (Å²) in [4.78, 5) is 13.4. The van der Waals surface area contributed by atoms with Gasteiger partial charge in [-0.3, -0.25) is 4.79 Å². The van der Waals surface area contributed by atoms with Gasteiger partial charge in [0.2, 0.25) is 0 Å². The third-order valence-corrected chi connectivity index (χ3v) is 4.15. The summed E-state index contributed by atoms with van der Waals surface area (Å²) in [7, 11) is 2.14. The van der Waals surface area contributed by atoms with Crippen molar-refractivity contribution in [2.45, 2.75) is 45.6 Å². The fourth-order valence-corrected chi connectivity index (χ4v) is 2.86. The maximum absolute atomic E-state index is 11.0. The van der Waals surface area contributed by atoms with Gasteiger partial charge in [0.05, 0.1) is 0 Å². The smallest absolute Gasteiger partial charge is 0.150 e. The maximum Gasteiger partial charge on any atom is 0.150 e. The van der Waals surface area contributed by atoms with Gasteiger partial charge in [-0.05, 0) is 56.4 Å². The van der Waals surface area contributed by atoms with Gasteiger partial charge in [-0.2, -0.15) is 0 Å². The van der Waals surface area contributed by atoms with Crippen molar-refractivity contribution in [1.29, 1.82) is 0 Å². The van der Waals surface area contributed by atoms with Crippen LogP contribution in [0.5, 0.6) is 0 Å². The number of hydrogen-bond donors (Lipinski definition) is 0. The van der Waals surface area contributed by atoms with E-state index in [1.54, 1.807) is 0 Å². The normalized spacial score (nSPS) is 22.2. The summed E-state index contributed by atoms with van der Waals surface area (Å²) in [6.45, 7) is 8.80. The first-order chi connectivity index (χ1) is 7.86. The minimum Gasteiger partial charge on any atom is -0.369 e. The second-order valence-corrected chi connectivity index (χ2v) is 5.86. The van der Waals surface area contributed by atoms with Crippen LogP contribution in [0.1, 0.15) is 54.6 Å². The van der Waals surface area contributed by atoms with Crippen LogP contribution in [0.3, 0.4) is 0 Å². The van der Waals surface area contributed by atoms with Crippen LogP contribution in [0.2, 0.25) is 0 Å². The highest BCUT2D eigenvalue weighted by molar-refractivity contribution is 5.80. The number of fused-ring (bicyclic) bond motifs is 1. The van der Waals surface area contributed by atoms with Crippen LogP contribution < -0.4 is 4.90 Å².